The molecule has 1 heteroatoms. The number of rotatable bonds is 3. The normalized spacial score (nSPS) is 13.3. The summed E-state index contributed by atoms with van der Waals surface area (Å²) in [5, 5.41) is 5.16. The van der Waals surface area contributed by atoms with E-state index in [1.807, 2.05) is 12.1 Å². The van der Waals surface area contributed by atoms with E-state index < -0.39 is 5.41 Å². The lowest BCUT2D eigenvalue weighted by Crippen LogP contribution is -2.29. The molecule has 2 N–H and O–H groups in total. The van der Waals surface area contributed by atoms with Crippen molar-refractivity contribution in [2.45, 2.75) is 5.41 Å². The van der Waals surface area contributed by atoms with Crippen LogP contribution in [0, 0.1) is 0 Å². The first-order chi connectivity index (χ1) is 19.8. The number of benzene rings is 7. The fourth-order valence-electron chi connectivity index (χ4n) is 7.09. The Labute approximate surface area is 234 Å². The third-order valence-electron chi connectivity index (χ3n) is 8.69. The molecule has 0 fully saturated rings. The lowest BCUT2D eigenvalue weighted by molar-refractivity contribution is 0.776. The van der Waals surface area contributed by atoms with Crippen LogP contribution in [-0.2, 0) is 5.41 Å². The Hall–Kier alpha value is -5.14. The molecule has 0 spiro atoms. The molecule has 0 saturated carbocycles. The van der Waals surface area contributed by atoms with E-state index in [0.29, 0.717) is 0 Å². The summed E-state index contributed by atoms with van der Waals surface area (Å²) >= 11 is 0. The van der Waals surface area contributed by atoms with Crippen LogP contribution in [0.25, 0.3) is 43.8 Å². The van der Waals surface area contributed by atoms with Crippen LogP contribution in [0.4, 0.5) is 5.69 Å². The lowest BCUT2D eigenvalue weighted by Gasteiger charge is -2.35. The van der Waals surface area contributed by atoms with Crippen molar-refractivity contribution in [3.8, 4) is 22.3 Å². The minimum atomic E-state index is -0.504. The number of anilines is 1. The first-order valence-corrected chi connectivity index (χ1v) is 13.8. The van der Waals surface area contributed by atoms with Crippen molar-refractivity contribution in [3.63, 3.8) is 0 Å². The van der Waals surface area contributed by atoms with E-state index in [-0.39, 0.29) is 0 Å². The van der Waals surface area contributed by atoms with Gasteiger partial charge in [-0.3, -0.25) is 0 Å². The summed E-state index contributed by atoms with van der Waals surface area (Å²) in [6, 6.07) is 55.0. The summed E-state index contributed by atoms with van der Waals surface area (Å²) < 4.78 is 0. The van der Waals surface area contributed by atoms with Crippen LogP contribution in [0.5, 0.6) is 0 Å². The maximum atomic E-state index is 6.52. The molecule has 8 rings (SSSR count). The summed E-state index contributed by atoms with van der Waals surface area (Å²) in [6.07, 6.45) is 0. The van der Waals surface area contributed by atoms with Gasteiger partial charge in [0.1, 0.15) is 0 Å². The quantitative estimate of drug-likeness (QED) is 0.186. The number of nitrogens with two attached hydrogens (primary N) is 1. The molecule has 0 radical (unpaired) electrons. The van der Waals surface area contributed by atoms with E-state index in [9.17, 15) is 0 Å². The molecule has 0 amide bonds. The predicted octanol–water partition coefficient (Wildman–Crippen LogP) is 9.61. The van der Waals surface area contributed by atoms with Crippen LogP contribution in [0.15, 0.2) is 152 Å². The Morgan fingerprint density at radius 2 is 0.950 bits per heavy atom. The molecule has 7 aromatic rings. The molecule has 0 saturated heterocycles. The lowest BCUT2D eigenvalue weighted by atomic mass is 9.66. The highest BCUT2D eigenvalue weighted by Gasteiger charge is 2.48. The third-order valence-corrected chi connectivity index (χ3v) is 8.69. The van der Waals surface area contributed by atoms with Crippen molar-refractivity contribution in [2.24, 2.45) is 0 Å². The van der Waals surface area contributed by atoms with Crippen LogP contribution >= 0.6 is 0 Å². The number of nitrogen functional groups attached to an aromatic ring is 1. The van der Waals surface area contributed by atoms with E-state index in [2.05, 4.69) is 140 Å². The van der Waals surface area contributed by atoms with Gasteiger partial charge < -0.3 is 5.73 Å². The minimum absolute atomic E-state index is 0.504. The molecule has 1 nitrogen and oxygen atoms in total. The highest BCUT2D eigenvalue weighted by atomic mass is 14.6. The van der Waals surface area contributed by atoms with Gasteiger partial charge in [-0.2, -0.15) is 0 Å². The number of para-hydroxylation sites is 1. The zero-order valence-corrected chi connectivity index (χ0v) is 22.0. The summed E-state index contributed by atoms with van der Waals surface area (Å²) in [7, 11) is 0. The SMILES string of the molecule is Nc1ccccc1-c1ccc2c(c1)C(c1ccccc1)(c1ccccc1)c1c-2c2ccccc2c2ccccc12. The largest absolute Gasteiger partial charge is 0.398 e. The second kappa shape index (κ2) is 8.69. The van der Waals surface area contributed by atoms with Crippen LogP contribution in [-0.4, -0.2) is 0 Å². The van der Waals surface area contributed by atoms with Crippen molar-refractivity contribution in [1.29, 1.82) is 0 Å². The summed E-state index contributed by atoms with van der Waals surface area (Å²) in [5.41, 5.74) is 16.8. The molecule has 1 aliphatic rings. The van der Waals surface area contributed by atoms with E-state index in [4.69, 9.17) is 5.73 Å². The number of hydrogen-bond acceptors (Lipinski definition) is 1. The van der Waals surface area contributed by atoms with Gasteiger partial charge in [0.15, 0.2) is 0 Å². The van der Waals surface area contributed by atoms with Gasteiger partial charge in [-0.25, -0.2) is 0 Å². The van der Waals surface area contributed by atoms with Crippen molar-refractivity contribution >= 4 is 27.2 Å². The molecule has 1 aliphatic carbocycles. The Balaban J connectivity index is 1.63. The van der Waals surface area contributed by atoms with E-state index in [1.54, 1.807) is 0 Å². The first kappa shape index (κ1) is 22.8. The van der Waals surface area contributed by atoms with Gasteiger partial charge in [0, 0.05) is 11.3 Å². The zero-order valence-electron chi connectivity index (χ0n) is 22.0. The maximum absolute atomic E-state index is 6.52. The Morgan fingerprint density at radius 1 is 0.425 bits per heavy atom. The average Bonchev–Trinajstić information content (AvgIpc) is 3.34. The van der Waals surface area contributed by atoms with Gasteiger partial charge in [-0.15, -0.1) is 0 Å². The average molecular weight is 510 g/mol. The topological polar surface area (TPSA) is 26.0 Å². The summed E-state index contributed by atoms with van der Waals surface area (Å²) in [6.45, 7) is 0. The van der Waals surface area contributed by atoms with E-state index >= 15 is 0 Å². The van der Waals surface area contributed by atoms with Gasteiger partial charge in [-0.1, -0.05) is 140 Å². The molecule has 0 aliphatic heterocycles. The van der Waals surface area contributed by atoms with Crippen LogP contribution in [0.2, 0.25) is 0 Å². The van der Waals surface area contributed by atoms with Gasteiger partial charge in [-0.05, 0) is 72.6 Å². The Bertz CT molecular complexity index is 2020. The van der Waals surface area contributed by atoms with Crippen molar-refractivity contribution in [1.82, 2.24) is 0 Å². The summed E-state index contributed by atoms with van der Waals surface area (Å²) in [5.74, 6) is 0. The van der Waals surface area contributed by atoms with E-state index in [1.165, 1.54) is 54.9 Å². The Kier molecular flexibility index (Phi) is 4.96. The third kappa shape index (κ3) is 3.03. The van der Waals surface area contributed by atoms with Crippen LogP contribution < -0.4 is 5.73 Å². The van der Waals surface area contributed by atoms with E-state index in [0.717, 1.165) is 16.8 Å². The van der Waals surface area contributed by atoms with Gasteiger partial charge in [0.25, 0.3) is 0 Å². The highest BCUT2D eigenvalue weighted by Crippen LogP contribution is 2.60. The first-order valence-electron chi connectivity index (χ1n) is 13.8. The molecule has 188 valence electrons. The van der Waals surface area contributed by atoms with Crippen molar-refractivity contribution in [2.75, 3.05) is 5.73 Å². The molecule has 0 atom stereocenters. The van der Waals surface area contributed by atoms with Crippen LogP contribution in [0.1, 0.15) is 22.3 Å². The van der Waals surface area contributed by atoms with Gasteiger partial charge in [0.2, 0.25) is 0 Å². The molecule has 0 aromatic heterocycles. The molecule has 0 unspecified atom stereocenters. The monoisotopic (exact) mass is 509 g/mol. The van der Waals surface area contributed by atoms with Crippen LogP contribution in [0.3, 0.4) is 0 Å². The standard InChI is InChI=1S/C39H27N/c40-36-22-12-11-17-29(36)26-23-24-34-35(25-26)39(27-13-3-1-4-14-27,28-15-5-2-6-16-28)38-33-21-10-8-19-31(33)30-18-7-9-20-32(30)37(34)38/h1-25H,40H2. The predicted molar refractivity (Wildman–Crippen MR) is 169 cm³/mol. The molecular formula is C39H27N. The number of fused-ring (bicyclic) bond motifs is 8. The molecule has 40 heavy (non-hydrogen) atoms. The Morgan fingerprint density at radius 3 is 1.60 bits per heavy atom. The second-order valence-corrected chi connectivity index (χ2v) is 10.7. The van der Waals surface area contributed by atoms with Crippen molar-refractivity contribution < 1.29 is 0 Å². The zero-order chi connectivity index (χ0) is 26.7. The fraction of sp³-hybridized carbons (Fsp3) is 0.0256. The minimum Gasteiger partial charge on any atom is -0.398 e. The maximum Gasteiger partial charge on any atom is 0.0720 e. The summed E-state index contributed by atoms with van der Waals surface area (Å²) in [4.78, 5) is 0. The molecule has 0 bridgehead atoms. The number of hydrogen-bond donors (Lipinski definition) is 1. The second-order valence-electron chi connectivity index (χ2n) is 10.7. The molecule has 0 heterocycles. The fourth-order valence-corrected chi connectivity index (χ4v) is 7.09. The van der Waals surface area contributed by atoms with Gasteiger partial charge in [0.05, 0.1) is 5.41 Å². The smallest absolute Gasteiger partial charge is 0.0720 e. The molecular weight excluding hydrogens is 482 g/mol. The van der Waals surface area contributed by atoms with Crippen molar-refractivity contribution in [3.05, 3.63) is 174 Å². The molecule has 7 aromatic carbocycles. The van der Waals surface area contributed by atoms with Gasteiger partial charge >= 0.3 is 0 Å². The highest BCUT2D eigenvalue weighted by molar-refractivity contribution is 6.19.